The van der Waals surface area contributed by atoms with Crippen LogP contribution in [0.4, 0.5) is 26.2 Å². The minimum Gasteiger partial charge on any atom is -0.478 e. The number of nitrogens with one attached hydrogen (secondary N) is 2. The number of rotatable bonds is 9. The van der Waals surface area contributed by atoms with Gasteiger partial charge in [0.2, 0.25) is 0 Å². The van der Waals surface area contributed by atoms with E-state index in [0.717, 1.165) is 30.4 Å². The Bertz CT molecular complexity index is 1020. The molecule has 0 heterocycles. The Hall–Kier alpha value is -3.35. The van der Waals surface area contributed by atoms with E-state index in [4.69, 9.17) is 5.11 Å². The van der Waals surface area contributed by atoms with Crippen molar-refractivity contribution in [2.24, 2.45) is 11.8 Å². The minimum absolute atomic E-state index is 0.0824. The first-order valence-electron chi connectivity index (χ1n) is 11.1. The topological polar surface area (TPSA) is 81.7 Å². The van der Waals surface area contributed by atoms with Gasteiger partial charge in [0.05, 0.1) is 17.1 Å². The third-order valence-corrected chi connectivity index (χ3v) is 4.92. The largest absolute Gasteiger partial charge is 0.478 e. The summed E-state index contributed by atoms with van der Waals surface area (Å²) in [5, 5.41) is 14.5. The van der Waals surface area contributed by atoms with Gasteiger partial charge in [0.1, 0.15) is 5.82 Å². The number of amides is 2. The monoisotopic (exact) mass is 455 g/mol. The number of hydrogen-bond acceptors (Lipinski definition) is 3. The second kappa shape index (κ2) is 11.5. The molecular formula is C26H34FN3O3. The molecule has 0 unspecified atom stereocenters. The molecule has 178 valence electrons. The van der Waals surface area contributed by atoms with Crippen LogP contribution >= 0.6 is 0 Å². The highest BCUT2D eigenvalue weighted by Crippen LogP contribution is 2.31. The SMILES string of the molecule is C/C(=C\C(=O)O)c1ccc(N(CC(C)C)CC(C)C)c(NC(=O)Nc2ccc(C)cc2F)c1. The number of carbonyl (C=O) groups is 2. The lowest BCUT2D eigenvalue weighted by Crippen LogP contribution is -2.32. The molecule has 0 radical (unpaired) electrons. The number of benzene rings is 2. The normalized spacial score (nSPS) is 11.6. The van der Waals surface area contributed by atoms with E-state index in [-0.39, 0.29) is 5.69 Å². The van der Waals surface area contributed by atoms with E-state index in [1.54, 1.807) is 26.0 Å². The second-order valence-electron chi connectivity index (χ2n) is 9.15. The van der Waals surface area contributed by atoms with Crippen molar-refractivity contribution < 1.29 is 19.1 Å². The predicted octanol–water partition coefficient (Wildman–Crippen LogP) is 6.38. The van der Waals surface area contributed by atoms with Gasteiger partial charge in [0, 0.05) is 19.2 Å². The standard InChI is InChI=1S/C26H34FN3O3/c1-16(2)14-30(15-17(3)4)24-10-8-20(19(6)12-25(31)32)13-23(24)29-26(33)28-22-9-7-18(5)11-21(22)27/h7-13,16-17H,14-15H2,1-6H3,(H,31,32)(H2,28,29,33)/b19-12+. The first-order chi connectivity index (χ1) is 15.5. The molecule has 2 amide bonds. The van der Waals surface area contributed by atoms with Gasteiger partial charge in [-0.3, -0.25) is 0 Å². The fourth-order valence-electron chi connectivity index (χ4n) is 3.58. The maximum Gasteiger partial charge on any atom is 0.328 e. The fourth-order valence-corrected chi connectivity index (χ4v) is 3.58. The van der Waals surface area contributed by atoms with Crippen LogP contribution in [0.25, 0.3) is 5.57 Å². The summed E-state index contributed by atoms with van der Waals surface area (Å²) in [6, 6.07) is 9.51. The molecule has 7 heteroatoms. The van der Waals surface area contributed by atoms with Crippen molar-refractivity contribution in [3.05, 3.63) is 59.4 Å². The fraction of sp³-hybridized carbons (Fsp3) is 0.385. The van der Waals surface area contributed by atoms with E-state index in [0.29, 0.717) is 28.7 Å². The molecule has 0 saturated carbocycles. The number of carbonyl (C=O) groups excluding carboxylic acids is 1. The molecule has 0 bridgehead atoms. The van der Waals surface area contributed by atoms with Crippen LogP contribution in [0.5, 0.6) is 0 Å². The maximum absolute atomic E-state index is 14.2. The van der Waals surface area contributed by atoms with Crippen molar-refractivity contribution in [3.8, 4) is 0 Å². The van der Waals surface area contributed by atoms with Gasteiger partial charge in [-0.25, -0.2) is 14.0 Å². The van der Waals surface area contributed by atoms with Crippen molar-refractivity contribution in [1.29, 1.82) is 0 Å². The minimum atomic E-state index is -1.04. The van der Waals surface area contributed by atoms with Gasteiger partial charge in [0.15, 0.2) is 0 Å². The van der Waals surface area contributed by atoms with Crippen LogP contribution in [-0.4, -0.2) is 30.2 Å². The van der Waals surface area contributed by atoms with Crippen LogP contribution in [0.1, 0.15) is 45.7 Å². The molecule has 0 aliphatic rings. The highest BCUT2D eigenvalue weighted by Gasteiger charge is 2.18. The average molecular weight is 456 g/mol. The molecular weight excluding hydrogens is 421 g/mol. The van der Waals surface area contributed by atoms with Crippen molar-refractivity contribution >= 4 is 34.6 Å². The highest BCUT2D eigenvalue weighted by atomic mass is 19.1. The molecule has 2 aromatic rings. The van der Waals surface area contributed by atoms with Crippen LogP contribution in [-0.2, 0) is 4.79 Å². The lowest BCUT2D eigenvalue weighted by atomic mass is 10.0. The van der Waals surface area contributed by atoms with Gasteiger partial charge < -0.3 is 20.6 Å². The van der Waals surface area contributed by atoms with Crippen molar-refractivity contribution in [2.45, 2.75) is 41.5 Å². The summed E-state index contributed by atoms with van der Waals surface area (Å²) < 4.78 is 14.2. The van der Waals surface area contributed by atoms with Crippen LogP contribution in [0.2, 0.25) is 0 Å². The predicted molar refractivity (Wildman–Crippen MR) is 133 cm³/mol. The first-order valence-corrected chi connectivity index (χ1v) is 11.1. The number of halogens is 1. The average Bonchev–Trinajstić information content (AvgIpc) is 2.68. The van der Waals surface area contributed by atoms with Gasteiger partial charge in [-0.2, -0.15) is 0 Å². The van der Waals surface area contributed by atoms with E-state index in [1.807, 2.05) is 12.1 Å². The van der Waals surface area contributed by atoms with Gasteiger partial charge in [0.25, 0.3) is 0 Å². The summed E-state index contributed by atoms with van der Waals surface area (Å²) in [6.45, 7) is 13.5. The molecule has 2 aromatic carbocycles. The Balaban J connectivity index is 2.45. The molecule has 3 N–H and O–H groups in total. The Morgan fingerprint density at radius 1 is 1.00 bits per heavy atom. The van der Waals surface area contributed by atoms with Gasteiger partial charge >= 0.3 is 12.0 Å². The molecule has 0 aliphatic carbocycles. The number of hydrogen-bond donors (Lipinski definition) is 3. The quantitative estimate of drug-likeness (QED) is 0.383. The van der Waals surface area contributed by atoms with E-state index in [2.05, 4.69) is 43.2 Å². The number of nitrogens with zero attached hydrogens (tertiary/aromatic N) is 1. The number of aryl methyl sites for hydroxylation is 1. The molecule has 0 spiro atoms. The van der Waals surface area contributed by atoms with E-state index in [9.17, 15) is 14.0 Å². The van der Waals surface area contributed by atoms with Crippen LogP contribution in [0.15, 0.2) is 42.5 Å². The molecule has 6 nitrogen and oxygen atoms in total. The Morgan fingerprint density at radius 2 is 1.61 bits per heavy atom. The van der Waals surface area contributed by atoms with Crippen molar-refractivity contribution in [1.82, 2.24) is 0 Å². The summed E-state index contributed by atoms with van der Waals surface area (Å²) in [4.78, 5) is 26.1. The van der Waals surface area contributed by atoms with Gasteiger partial charge in [-0.1, -0.05) is 39.8 Å². The number of carboxylic acids is 1. The maximum atomic E-state index is 14.2. The zero-order chi connectivity index (χ0) is 24.7. The van der Waals surface area contributed by atoms with Crippen molar-refractivity contribution in [2.75, 3.05) is 28.6 Å². The number of anilines is 3. The third kappa shape index (κ3) is 7.93. The van der Waals surface area contributed by atoms with Crippen LogP contribution in [0, 0.1) is 24.6 Å². The summed E-state index contributed by atoms with van der Waals surface area (Å²) >= 11 is 0. The lowest BCUT2D eigenvalue weighted by molar-refractivity contribution is -0.131. The summed E-state index contributed by atoms with van der Waals surface area (Å²) in [5.41, 5.74) is 3.42. The number of urea groups is 1. The zero-order valence-electron chi connectivity index (χ0n) is 20.2. The number of carboxylic acid groups (broad SMARTS) is 1. The second-order valence-corrected chi connectivity index (χ2v) is 9.15. The number of aliphatic carboxylic acids is 1. The molecule has 33 heavy (non-hydrogen) atoms. The van der Waals surface area contributed by atoms with Crippen LogP contribution in [0.3, 0.4) is 0 Å². The summed E-state index contributed by atoms with van der Waals surface area (Å²) in [7, 11) is 0. The smallest absolute Gasteiger partial charge is 0.328 e. The number of allylic oxidation sites excluding steroid dienone is 1. The van der Waals surface area contributed by atoms with Gasteiger partial charge in [-0.05, 0) is 66.6 Å². The van der Waals surface area contributed by atoms with Crippen molar-refractivity contribution in [3.63, 3.8) is 0 Å². The summed E-state index contributed by atoms with van der Waals surface area (Å²) in [5.74, 6) is -0.777. The molecule has 2 rings (SSSR count). The molecule has 0 fully saturated rings. The highest BCUT2D eigenvalue weighted by molar-refractivity contribution is 6.02. The molecule has 0 saturated heterocycles. The van der Waals surface area contributed by atoms with E-state index < -0.39 is 17.8 Å². The Morgan fingerprint density at radius 3 is 2.15 bits per heavy atom. The van der Waals surface area contributed by atoms with Crippen LogP contribution < -0.4 is 15.5 Å². The zero-order valence-corrected chi connectivity index (χ0v) is 20.2. The molecule has 0 atom stereocenters. The Labute approximate surface area is 195 Å². The Kier molecular flexibility index (Phi) is 9.02. The third-order valence-electron chi connectivity index (χ3n) is 4.92. The van der Waals surface area contributed by atoms with Gasteiger partial charge in [-0.15, -0.1) is 0 Å². The summed E-state index contributed by atoms with van der Waals surface area (Å²) in [6.07, 6.45) is 1.13. The lowest BCUT2D eigenvalue weighted by Gasteiger charge is -2.30. The molecule has 0 aliphatic heterocycles. The molecule has 0 aromatic heterocycles. The first kappa shape index (κ1) is 25.9. The van der Waals surface area contributed by atoms with E-state index >= 15 is 0 Å². The van der Waals surface area contributed by atoms with E-state index in [1.165, 1.54) is 12.1 Å².